The van der Waals surface area contributed by atoms with E-state index in [1.54, 1.807) is 32.1 Å². The molecule has 26 heavy (non-hydrogen) atoms. The van der Waals surface area contributed by atoms with Gasteiger partial charge in [0, 0.05) is 19.8 Å². The van der Waals surface area contributed by atoms with Crippen LogP contribution in [0, 0.1) is 25.7 Å². The van der Waals surface area contributed by atoms with Gasteiger partial charge in [0.2, 0.25) is 15.9 Å². The van der Waals surface area contributed by atoms with Crippen LogP contribution in [0.3, 0.4) is 0 Å². The lowest BCUT2D eigenvalue weighted by molar-refractivity contribution is -0.146. The van der Waals surface area contributed by atoms with E-state index < -0.39 is 33.7 Å². The summed E-state index contributed by atoms with van der Waals surface area (Å²) in [5, 5.41) is 12.1. The van der Waals surface area contributed by atoms with E-state index in [9.17, 15) is 23.1 Å². The van der Waals surface area contributed by atoms with E-state index in [-0.39, 0.29) is 4.90 Å². The fourth-order valence-corrected chi connectivity index (χ4v) is 3.93. The number of carbonyl (C=O) groups is 2. The number of hydrogen-bond acceptors (Lipinski definition) is 4. The van der Waals surface area contributed by atoms with Gasteiger partial charge in [-0.15, -0.1) is 0 Å². The van der Waals surface area contributed by atoms with Crippen LogP contribution in [0.4, 0.5) is 5.69 Å². The second-order valence-corrected chi connectivity index (χ2v) is 8.84. The molecule has 0 spiro atoms. The number of hydrogen-bond donors (Lipinski definition) is 2. The van der Waals surface area contributed by atoms with Crippen molar-refractivity contribution in [3.63, 3.8) is 0 Å². The minimum Gasteiger partial charge on any atom is -0.481 e. The van der Waals surface area contributed by atoms with Gasteiger partial charge in [0.05, 0.1) is 16.7 Å². The van der Waals surface area contributed by atoms with Gasteiger partial charge in [-0.05, 0) is 49.9 Å². The maximum Gasteiger partial charge on any atom is 0.307 e. The molecule has 0 saturated heterocycles. The van der Waals surface area contributed by atoms with Gasteiger partial charge in [0.15, 0.2) is 0 Å². The molecule has 2 N–H and O–H groups in total. The number of carboxylic acid groups (broad SMARTS) is 1. The lowest BCUT2D eigenvalue weighted by atomic mass is 9.82. The normalized spacial score (nSPS) is 20.2. The zero-order valence-electron chi connectivity index (χ0n) is 15.3. The number of carboxylic acids is 1. The number of aryl methyl sites for hydroxylation is 1. The Morgan fingerprint density at radius 3 is 2.23 bits per heavy atom. The second kappa shape index (κ2) is 7.59. The highest BCUT2D eigenvalue weighted by Crippen LogP contribution is 2.30. The van der Waals surface area contributed by atoms with Crippen molar-refractivity contribution in [3.8, 4) is 0 Å². The average molecular weight is 380 g/mol. The molecule has 0 aliphatic heterocycles. The van der Waals surface area contributed by atoms with E-state index in [2.05, 4.69) is 5.32 Å². The number of anilines is 1. The zero-order chi connectivity index (χ0) is 19.6. The lowest BCUT2D eigenvalue weighted by Gasteiger charge is -2.25. The van der Waals surface area contributed by atoms with E-state index in [0.29, 0.717) is 18.5 Å². The number of nitrogens with zero attached hydrogens (tertiary/aromatic N) is 1. The first-order valence-corrected chi connectivity index (χ1v) is 9.72. The van der Waals surface area contributed by atoms with E-state index >= 15 is 0 Å². The molecule has 0 saturated carbocycles. The van der Waals surface area contributed by atoms with Crippen LogP contribution in [0.15, 0.2) is 29.2 Å². The van der Waals surface area contributed by atoms with Crippen molar-refractivity contribution in [1.29, 1.82) is 0 Å². The summed E-state index contributed by atoms with van der Waals surface area (Å²) in [6, 6.07) is 2.98. The molecule has 1 aromatic rings. The van der Waals surface area contributed by atoms with Crippen molar-refractivity contribution in [2.24, 2.45) is 11.8 Å². The third-order valence-electron chi connectivity index (χ3n) is 4.76. The van der Waals surface area contributed by atoms with Crippen LogP contribution in [0.2, 0.25) is 0 Å². The molecule has 2 unspecified atom stereocenters. The number of carbonyl (C=O) groups excluding carboxylic acids is 1. The molecule has 0 bridgehead atoms. The van der Waals surface area contributed by atoms with Crippen molar-refractivity contribution in [2.45, 2.75) is 31.6 Å². The number of allylic oxidation sites excluding steroid dienone is 2. The maximum atomic E-state index is 12.7. The largest absolute Gasteiger partial charge is 0.481 e. The smallest absolute Gasteiger partial charge is 0.307 e. The van der Waals surface area contributed by atoms with Gasteiger partial charge in [-0.1, -0.05) is 12.2 Å². The molecular weight excluding hydrogens is 356 g/mol. The minimum absolute atomic E-state index is 0.0826. The van der Waals surface area contributed by atoms with Crippen LogP contribution in [0.1, 0.15) is 24.0 Å². The SMILES string of the molecule is Cc1cc(S(=O)(=O)N(C)C)cc(NC(=O)C2CC=CCC2C(=O)O)c1C. The number of rotatable bonds is 5. The van der Waals surface area contributed by atoms with Gasteiger partial charge in [-0.3, -0.25) is 9.59 Å². The highest BCUT2D eigenvalue weighted by molar-refractivity contribution is 7.89. The Kier molecular flexibility index (Phi) is 5.87. The highest BCUT2D eigenvalue weighted by Gasteiger charge is 2.34. The molecule has 0 radical (unpaired) electrons. The van der Waals surface area contributed by atoms with Gasteiger partial charge in [-0.2, -0.15) is 0 Å². The summed E-state index contributed by atoms with van der Waals surface area (Å²) in [4.78, 5) is 24.2. The minimum atomic E-state index is -3.65. The van der Waals surface area contributed by atoms with Crippen LogP contribution in [-0.4, -0.2) is 43.8 Å². The van der Waals surface area contributed by atoms with E-state index in [1.807, 2.05) is 0 Å². The summed E-state index contributed by atoms with van der Waals surface area (Å²) in [6.07, 6.45) is 4.22. The molecule has 0 fully saturated rings. The summed E-state index contributed by atoms with van der Waals surface area (Å²) >= 11 is 0. The molecule has 1 aromatic carbocycles. The van der Waals surface area contributed by atoms with Crippen LogP contribution >= 0.6 is 0 Å². The molecule has 0 aromatic heterocycles. The molecule has 7 nitrogen and oxygen atoms in total. The van der Waals surface area contributed by atoms with Gasteiger partial charge in [0.25, 0.3) is 0 Å². The molecule has 2 atom stereocenters. The summed E-state index contributed by atoms with van der Waals surface area (Å²) in [7, 11) is -0.769. The topological polar surface area (TPSA) is 104 Å². The standard InChI is InChI=1S/C18H24N2O5S/c1-11-9-13(26(24,25)20(3)4)10-16(12(11)2)19-17(21)14-7-5-6-8-15(14)18(22)23/h5-6,9-10,14-15H,7-8H2,1-4H3,(H,19,21)(H,22,23). The molecule has 0 heterocycles. The monoisotopic (exact) mass is 380 g/mol. The quantitative estimate of drug-likeness (QED) is 0.762. The Morgan fingerprint density at radius 1 is 1.12 bits per heavy atom. The van der Waals surface area contributed by atoms with E-state index in [4.69, 9.17) is 0 Å². The third-order valence-corrected chi connectivity index (χ3v) is 6.56. The Labute approximate surface area is 153 Å². The summed E-state index contributed by atoms with van der Waals surface area (Å²) < 4.78 is 25.9. The zero-order valence-corrected chi connectivity index (χ0v) is 16.1. The van der Waals surface area contributed by atoms with E-state index in [0.717, 1.165) is 15.4 Å². The van der Waals surface area contributed by atoms with Gasteiger partial charge >= 0.3 is 5.97 Å². The summed E-state index contributed by atoms with van der Waals surface area (Å²) in [5.41, 5.74) is 1.85. The number of nitrogens with one attached hydrogen (secondary N) is 1. The fraction of sp³-hybridized carbons (Fsp3) is 0.444. The van der Waals surface area contributed by atoms with Crippen LogP contribution in [0.25, 0.3) is 0 Å². The third kappa shape index (κ3) is 3.96. The van der Waals surface area contributed by atoms with Gasteiger partial charge < -0.3 is 10.4 Å². The Hall–Kier alpha value is -2.19. The number of sulfonamides is 1. The first kappa shape index (κ1) is 20.1. The predicted molar refractivity (Wildman–Crippen MR) is 98.4 cm³/mol. The van der Waals surface area contributed by atoms with Crippen molar-refractivity contribution < 1.29 is 23.1 Å². The molecule has 1 aliphatic carbocycles. The fourth-order valence-electron chi connectivity index (χ4n) is 2.92. The first-order valence-electron chi connectivity index (χ1n) is 8.28. The highest BCUT2D eigenvalue weighted by atomic mass is 32.2. The maximum absolute atomic E-state index is 12.7. The summed E-state index contributed by atoms with van der Waals surface area (Å²) in [5.74, 6) is -2.89. The Bertz CT molecular complexity index is 859. The number of benzene rings is 1. The first-order chi connectivity index (χ1) is 12.1. The number of aliphatic carboxylic acids is 1. The van der Waals surface area contributed by atoms with Crippen molar-refractivity contribution in [3.05, 3.63) is 35.4 Å². The Morgan fingerprint density at radius 2 is 1.69 bits per heavy atom. The molecular formula is C18H24N2O5S. The molecule has 1 aliphatic rings. The van der Waals surface area contributed by atoms with Crippen molar-refractivity contribution in [2.75, 3.05) is 19.4 Å². The average Bonchev–Trinajstić information content (AvgIpc) is 2.58. The molecule has 2 rings (SSSR count). The van der Waals surface area contributed by atoms with Crippen LogP contribution < -0.4 is 5.32 Å². The Balaban J connectivity index is 2.37. The van der Waals surface area contributed by atoms with Crippen LogP contribution in [-0.2, 0) is 19.6 Å². The van der Waals surface area contributed by atoms with Crippen LogP contribution in [0.5, 0.6) is 0 Å². The predicted octanol–water partition coefficient (Wildman–Crippen LogP) is 2.16. The summed E-state index contributed by atoms with van der Waals surface area (Å²) in [6.45, 7) is 3.55. The van der Waals surface area contributed by atoms with Crippen molar-refractivity contribution >= 4 is 27.6 Å². The number of amides is 1. The lowest BCUT2D eigenvalue weighted by Crippen LogP contribution is -2.35. The van der Waals surface area contributed by atoms with E-state index in [1.165, 1.54) is 20.2 Å². The second-order valence-electron chi connectivity index (χ2n) is 6.68. The molecule has 8 heteroatoms. The van der Waals surface area contributed by atoms with Crippen molar-refractivity contribution in [1.82, 2.24) is 4.31 Å². The molecule has 142 valence electrons. The van der Waals surface area contributed by atoms with Gasteiger partial charge in [-0.25, -0.2) is 12.7 Å². The molecule has 1 amide bonds. The van der Waals surface area contributed by atoms with Gasteiger partial charge in [0.1, 0.15) is 0 Å².